The number of carboxylic acids is 1. The summed E-state index contributed by atoms with van der Waals surface area (Å²) in [6, 6.07) is -1.01. The van der Waals surface area contributed by atoms with Crippen LogP contribution in [0.1, 0.15) is 19.3 Å². The molecule has 0 aliphatic rings. The summed E-state index contributed by atoms with van der Waals surface area (Å²) < 4.78 is 0. The van der Waals surface area contributed by atoms with E-state index >= 15 is 0 Å². The van der Waals surface area contributed by atoms with Crippen LogP contribution in [-0.4, -0.2) is 98.4 Å². The van der Waals surface area contributed by atoms with Gasteiger partial charge in [-0.25, -0.2) is 0 Å². The molecule has 16 heteroatoms. The quantitative estimate of drug-likeness (QED) is 0.0875. The molecule has 0 aliphatic heterocycles. The molecule has 1 atom stereocenters. The second kappa shape index (κ2) is 17.7. The third kappa shape index (κ3) is 15.9. The SMILES string of the molecule is NCCCC[C@H](NC(=O)CNC(=O)CNC(=O)CN)C(=O)NCC(=O)NCC(=O)NCC(=O)O. The Morgan fingerprint density at radius 3 is 1.59 bits per heavy atom. The molecule has 192 valence electrons. The van der Waals surface area contributed by atoms with E-state index in [0.29, 0.717) is 19.4 Å². The van der Waals surface area contributed by atoms with E-state index in [9.17, 15) is 33.6 Å². The van der Waals surface area contributed by atoms with Gasteiger partial charge < -0.3 is 48.5 Å². The fraction of sp³-hybridized carbons (Fsp3) is 0.611. The van der Waals surface area contributed by atoms with Crippen LogP contribution in [0.4, 0.5) is 0 Å². The van der Waals surface area contributed by atoms with Crippen molar-refractivity contribution in [3.05, 3.63) is 0 Å². The van der Waals surface area contributed by atoms with Gasteiger partial charge in [0.2, 0.25) is 35.4 Å². The van der Waals surface area contributed by atoms with E-state index in [2.05, 4.69) is 31.9 Å². The van der Waals surface area contributed by atoms with Gasteiger partial charge in [0.15, 0.2) is 0 Å². The Morgan fingerprint density at radius 2 is 1.09 bits per heavy atom. The van der Waals surface area contributed by atoms with Crippen LogP contribution in [0.15, 0.2) is 0 Å². The average Bonchev–Trinajstić information content (AvgIpc) is 2.81. The number of nitrogens with one attached hydrogen (secondary N) is 6. The standard InChI is InChI=1S/C18H32N8O8/c19-4-2-1-3-11(26-16(31)9-23-13(28)6-21-12(27)5-20)18(34)25-8-15(30)22-7-14(29)24-10-17(32)33/h11H,1-10,19-20H2,(H,21,27)(H,22,30)(H,23,28)(H,24,29)(H,25,34)(H,26,31)(H,32,33)/t11-/m0/s1. The number of nitrogens with two attached hydrogens (primary N) is 2. The normalized spacial score (nSPS) is 10.9. The molecule has 0 aromatic rings. The predicted molar refractivity (Wildman–Crippen MR) is 117 cm³/mol. The van der Waals surface area contributed by atoms with E-state index < -0.39 is 73.6 Å². The molecule has 0 aromatic heterocycles. The third-order valence-corrected chi connectivity index (χ3v) is 3.98. The van der Waals surface area contributed by atoms with E-state index in [-0.39, 0.29) is 19.5 Å². The second-order valence-electron chi connectivity index (χ2n) is 6.83. The second-order valence-corrected chi connectivity index (χ2v) is 6.83. The van der Waals surface area contributed by atoms with Gasteiger partial charge in [0.05, 0.1) is 32.7 Å². The highest BCUT2D eigenvalue weighted by molar-refractivity contribution is 5.93. The number of unbranched alkanes of at least 4 members (excludes halogenated alkanes) is 1. The summed E-state index contributed by atoms with van der Waals surface area (Å²) in [7, 11) is 0. The van der Waals surface area contributed by atoms with Crippen molar-refractivity contribution < 1.29 is 38.7 Å². The zero-order valence-electron chi connectivity index (χ0n) is 18.6. The summed E-state index contributed by atoms with van der Waals surface area (Å²) >= 11 is 0. The lowest BCUT2D eigenvalue weighted by atomic mass is 10.1. The first-order valence-corrected chi connectivity index (χ1v) is 10.3. The van der Waals surface area contributed by atoms with E-state index in [1.54, 1.807) is 0 Å². The van der Waals surface area contributed by atoms with Crippen LogP contribution >= 0.6 is 0 Å². The molecular formula is C18H32N8O8. The molecule has 16 nitrogen and oxygen atoms in total. The van der Waals surface area contributed by atoms with Gasteiger partial charge in [0.1, 0.15) is 12.6 Å². The lowest BCUT2D eigenvalue weighted by Crippen LogP contribution is -2.52. The lowest BCUT2D eigenvalue weighted by Gasteiger charge is -2.18. The number of rotatable bonds is 17. The zero-order valence-corrected chi connectivity index (χ0v) is 18.6. The molecule has 0 spiro atoms. The van der Waals surface area contributed by atoms with Crippen molar-refractivity contribution >= 4 is 41.4 Å². The highest BCUT2D eigenvalue weighted by Gasteiger charge is 2.21. The maximum Gasteiger partial charge on any atom is 0.322 e. The van der Waals surface area contributed by atoms with Crippen LogP contribution in [0.25, 0.3) is 0 Å². The average molecular weight is 489 g/mol. The van der Waals surface area contributed by atoms with E-state index in [4.69, 9.17) is 16.6 Å². The molecule has 0 radical (unpaired) electrons. The number of carbonyl (C=O) groups is 7. The first-order valence-electron chi connectivity index (χ1n) is 10.3. The Hall–Kier alpha value is -3.79. The zero-order chi connectivity index (χ0) is 25.9. The number of hydrogen-bond acceptors (Lipinski definition) is 9. The highest BCUT2D eigenvalue weighted by Crippen LogP contribution is 2.01. The number of carbonyl (C=O) groups excluding carboxylic acids is 6. The lowest BCUT2D eigenvalue weighted by molar-refractivity contribution is -0.137. The number of aliphatic carboxylic acids is 1. The summed E-state index contributed by atoms with van der Waals surface area (Å²) in [5.41, 5.74) is 10.5. The molecule has 0 heterocycles. The number of hydrogen-bond donors (Lipinski definition) is 9. The minimum Gasteiger partial charge on any atom is -0.480 e. The number of carboxylic acid groups (broad SMARTS) is 1. The van der Waals surface area contributed by atoms with Gasteiger partial charge in [-0.15, -0.1) is 0 Å². The molecule has 0 rings (SSSR count). The van der Waals surface area contributed by atoms with E-state index in [0.717, 1.165) is 0 Å². The van der Waals surface area contributed by atoms with Crippen molar-refractivity contribution in [3.63, 3.8) is 0 Å². The molecule has 6 amide bonds. The molecule has 34 heavy (non-hydrogen) atoms. The number of amides is 6. The van der Waals surface area contributed by atoms with Crippen LogP contribution in [0, 0.1) is 0 Å². The molecular weight excluding hydrogens is 456 g/mol. The van der Waals surface area contributed by atoms with Gasteiger partial charge in [0.25, 0.3) is 0 Å². The maximum absolute atomic E-state index is 12.4. The highest BCUT2D eigenvalue weighted by atomic mass is 16.4. The monoisotopic (exact) mass is 488 g/mol. The smallest absolute Gasteiger partial charge is 0.322 e. The summed E-state index contributed by atoms with van der Waals surface area (Å²) in [6.45, 7) is -2.31. The fourth-order valence-electron chi connectivity index (χ4n) is 2.27. The molecule has 11 N–H and O–H groups in total. The molecule has 0 aromatic carbocycles. The van der Waals surface area contributed by atoms with Crippen molar-refractivity contribution in [2.75, 3.05) is 45.8 Å². The van der Waals surface area contributed by atoms with Gasteiger partial charge in [-0.1, -0.05) is 0 Å². The first kappa shape index (κ1) is 30.2. The van der Waals surface area contributed by atoms with Gasteiger partial charge in [0, 0.05) is 0 Å². The van der Waals surface area contributed by atoms with Gasteiger partial charge in [-0.05, 0) is 25.8 Å². The molecule has 0 saturated heterocycles. The summed E-state index contributed by atoms with van der Waals surface area (Å²) in [5, 5.41) is 22.0. The minimum absolute atomic E-state index is 0.217. The Morgan fingerprint density at radius 1 is 0.618 bits per heavy atom. The molecule has 0 saturated carbocycles. The minimum atomic E-state index is -1.24. The fourth-order valence-corrected chi connectivity index (χ4v) is 2.27. The summed E-state index contributed by atoms with van der Waals surface area (Å²) in [4.78, 5) is 80.7. The molecule has 0 unspecified atom stereocenters. The van der Waals surface area contributed by atoms with Crippen LogP contribution in [0.3, 0.4) is 0 Å². The summed E-state index contributed by atoms with van der Waals surface area (Å²) in [6.07, 6.45) is 1.31. The van der Waals surface area contributed by atoms with Crippen molar-refractivity contribution in [1.82, 2.24) is 31.9 Å². The van der Waals surface area contributed by atoms with Crippen molar-refractivity contribution in [3.8, 4) is 0 Å². The third-order valence-electron chi connectivity index (χ3n) is 3.98. The Bertz CT molecular complexity index is 745. The van der Waals surface area contributed by atoms with E-state index in [1.165, 1.54) is 0 Å². The van der Waals surface area contributed by atoms with Crippen LogP contribution in [0.2, 0.25) is 0 Å². The van der Waals surface area contributed by atoms with Crippen LogP contribution in [-0.2, 0) is 33.6 Å². The Balaban J connectivity index is 4.54. The van der Waals surface area contributed by atoms with Crippen LogP contribution < -0.4 is 43.4 Å². The van der Waals surface area contributed by atoms with Gasteiger partial charge in [-0.3, -0.25) is 33.6 Å². The summed E-state index contributed by atoms with van der Waals surface area (Å²) in [5.74, 6) is -5.20. The van der Waals surface area contributed by atoms with Crippen LogP contribution in [0.5, 0.6) is 0 Å². The van der Waals surface area contributed by atoms with Gasteiger partial charge >= 0.3 is 5.97 Å². The van der Waals surface area contributed by atoms with Crippen molar-refractivity contribution in [2.24, 2.45) is 11.5 Å². The first-order chi connectivity index (χ1) is 16.1. The topological polar surface area (TPSA) is 264 Å². The molecule has 0 fully saturated rings. The van der Waals surface area contributed by atoms with Crippen molar-refractivity contribution in [2.45, 2.75) is 25.3 Å². The van der Waals surface area contributed by atoms with Crippen molar-refractivity contribution in [1.29, 1.82) is 0 Å². The van der Waals surface area contributed by atoms with Gasteiger partial charge in [-0.2, -0.15) is 0 Å². The Labute approximate surface area is 195 Å². The predicted octanol–water partition coefficient (Wildman–Crippen LogP) is -5.78. The maximum atomic E-state index is 12.4. The molecule has 0 bridgehead atoms. The largest absolute Gasteiger partial charge is 0.480 e. The van der Waals surface area contributed by atoms with E-state index in [1.807, 2.05) is 0 Å². The molecule has 0 aliphatic carbocycles. The Kier molecular flexibility index (Phi) is 15.8.